The highest BCUT2D eigenvalue weighted by Crippen LogP contribution is 2.21. The summed E-state index contributed by atoms with van der Waals surface area (Å²) < 4.78 is 0. The molecule has 0 atom stereocenters. The molecule has 0 saturated heterocycles. The minimum absolute atomic E-state index is 0.469. The minimum Gasteiger partial charge on any atom is -0.330 e. The fourth-order valence-corrected chi connectivity index (χ4v) is 2.89. The summed E-state index contributed by atoms with van der Waals surface area (Å²) in [5, 5.41) is 3.18. The van der Waals surface area contributed by atoms with Crippen molar-refractivity contribution >= 4 is 29.1 Å². The molecule has 1 heterocycles. The van der Waals surface area contributed by atoms with Crippen LogP contribution in [0.25, 0.3) is 0 Å². The zero-order valence-corrected chi connectivity index (χ0v) is 13.6. The van der Waals surface area contributed by atoms with Gasteiger partial charge in [-0.05, 0) is 42.2 Å². The lowest BCUT2D eigenvalue weighted by molar-refractivity contribution is -0.143. The number of anilines is 1. The molecular weight excluding hydrogens is 312 g/mol. The number of carbonyl (C=O) groups excluding carboxylic acids is 2. The van der Waals surface area contributed by atoms with Gasteiger partial charge in [-0.15, -0.1) is 0 Å². The second-order valence-corrected chi connectivity index (χ2v) is 6.10. The SMILES string of the molecule is Cc1ccc(Cl)cc1NC(=O)C(=O)N1CCc2ccccc2C1. The maximum Gasteiger partial charge on any atom is 0.313 e. The van der Waals surface area contributed by atoms with Gasteiger partial charge >= 0.3 is 11.8 Å². The third-order valence-electron chi connectivity index (χ3n) is 4.06. The number of nitrogens with one attached hydrogen (secondary N) is 1. The Morgan fingerprint density at radius 2 is 1.87 bits per heavy atom. The standard InChI is InChI=1S/C18H17ClN2O2/c1-12-6-7-15(19)10-16(12)20-17(22)18(23)21-9-8-13-4-2-3-5-14(13)11-21/h2-7,10H,8-9,11H2,1H3,(H,20,22). The number of halogens is 1. The summed E-state index contributed by atoms with van der Waals surface area (Å²) in [4.78, 5) is 26.2. The van der Waals surface area contributed by atoms with Gasteiger partial charge in [0.25, 0.3) is 0 Å². The molecule has 0 fully saturated rings. The smallest absolute Gasteiger partial charge is 0.313 e. The van der Waals surface area contributed by atoms with Crippen LogP contribution in [0, 0.1) is 6.92 Å². The van der Waals surface area contributed by atoms with E-state index < -0.39 is 11.8 Å². The fourth-order valence-electron chi connectivity index (χ4n) is 2.72. The van der Waals surface area contributed by atoms with Crippen LogP contribution in [-0.2, 0) is 22.6 Å². The van der Waals surface area contributed by atoms with Crippen LogP contribution in [0.2, 0.25) is 5.02 Å². The zero-order valence-electron chi connectivity index (χ0n) is 12.8. The molecule has 1 aliphatic heterocycles. The Labute approximate surface area is 140 Å². The van der Waals surface area contributed by atoms with Crippen molar-refractivity contribution in [1.82, 2.24) is 4.90 Å². The van der Waals surface area contributed by atoms with Crippen LogP contribution >= 0.6 is 11.6 Å². The van der Waals surface area contributed by atoms with E-state index >= 15 is 0 Å². The number of amides is 2. The number of nitrogens with zero attached hydrogens (tertiary/aromatic N) is 1. The van der Waals surface area contributed by atoms with E-state index in [1.165, 1.54) is 5.56 Å². The maximum absolute atomic E-state index is 12.4. The van der Waals surface area contributed by atoms with Crippen molar-refractivity contribution in [2.24, 2.45) is 0 Å². The second kappa shape index (κ2) is 6.42. The van der Waals surface area contributed by atoms with Crippen molar-refractivity contribution in [3.8, 4) is 0 Å². The quantitative estimate of drug-likeness (QED) is 0.817. The van der Waals surface area contributed by atoms with E-state index in [4.69, 9.17) is 11.6 Å². The lowest BCUT2D eigenvalue weighted by atomic mass is 10.00. The summed E-state index contributed by atoms with van der Waals surface area (Å²) in [6.45, 7) is 2.88. The van der Waals surface area contributed by atoms with E-state index in [0.717, 1.165) is 17.5 Å². The maximum atomic E-state index is 12.4. The van der Waals surface area contributed by atoms with E-state index in [2.05, 4.69) is 11.4 Å². The summed E-state index contributed by atoms with van der Waals surface area (Å²) in [7, 11) is 0. The largest absolute Gasteiger partial charge is 0.330 e. The van der Waals surface area contributed by atoms with Crippen LogP contribution in [0.4, 0.5) is 5.69 Å². The van der Waals surface area contributed by atoms with Crippen molar-refractivity contribution in [1.29, 1.82) is 0 Å². The van der Waals surface area contributed by atoms with Gasteiger partial charge in [0.15, 0.2) is 0 Å². The van der Waals surface area contributed by atoms with Crippen molar-refractivity contribution in [3.05, 3.63) is 64.2 Å². The normalized spacial score (nSPS) is 13.4. The lowest BCUT2D eigenvalue weighted by Crippen LogP contribution is -2.42. The summed E-state index contributed by atoms with van der Waals surface area (Å²) in [5.41, 5.74) is 3.76. The Morgan fingerprint density at radius 1 is 1.13 bits per heavy atom. The van der Waals surface area contributed by atoms with E-state index in [-0.39, 0.29) is 0 Å². The van der Waals surface area contributed by atoms with Crippen molar-refractivity contribution < 1.29 is 9.59 Å². The third kappa shape index (κ3) is 3.37. The van der Waals surface area contributed by atoms with E-state index in [0.29, 0.717) is 23.8 Å². The summed E-state index contributed by atoms with van der Waals surface area (Å²) >= 11 is 5.94. The van der Waals surface area contributed by atoms with Crippen molar-refractivity contribution in [3.63, 3.8) is 0 Å². The topological polar surface area (TPSA) is 49.4 Å². The first-order valence-corrected chi connectivity index (χ1v) is 7.85. The van der Waals surface area contributed by atoms with E-state index in [1.807, 2.05) is 25.1 Å². The highest BCUT2D eigenvalue weighted by molar-refractivity contribution is 6.39. The van der Waals surface area contributed by atoms with Crippen LogP contribution in [0.5, 0.6) is 0 Å². The third-order valence-corrected chi connectivity index (χ3v) is 4.30. The molecule has 1 aliphatic rings. The van der Waals surface area contributed by atoms with Crippen molar-refractivity contribution in [2.45, 2.75) is 19.9 Å². The Kier molecular flexibility index (Phi) is 4.35. The molecule has 0 radical (unpaired) electrons. The molecular formula is C18H17ClN2O2. The van der Waals surface area contributed by atoms with Gasteiger partial charge in [0, 0.05) is 23.8 Å². The summed E-state index contributed by atoms with van der Waals surface area (Å²) in [5.74, 6) is -1.14. The number of benzene rings is 2. The predicted octanol–water partition coefficient (Wildman–Crippen LogP) is 3.17. The van der Waals surface area contributed by atoms with Crippen molar-refractivity contribution in [2.75, 3.05) is 11.9 Å². The second-order valence-electron chi connectivity index (χ2n) is 5.66. The predicted molar refractivity (Wildman–Crippen MR) is 90.4 cm³/mol. The Hall–Kier alpha value is -2.33. The number of hydrogen-bond donors (Lipinski definition) is 1. The van der Waals surface area contributed by atoms with Crippen LogP contribution in [0.15, 0.2) is 42.5 Å². The Bertz CT molecular complexity index is 773. The van der Waals surface area contributed by atoms with Crippen LogP contribution in [-0.4, -0.2) is 23.3 Å². The number of carbonyl (C=O) groups is 2. The van der Waals surface area contributed by atoms with Gasteiger partial charge in [-0.2, -0.15) is 0 Å². The number of rotatable bonds is 1. The van der Waals surface area contributed by atoms with Gasteiger partial charge in [0.05, 0.1) is 0 Å². The number of hydrogen-bond acceptors (Lipinski definition) is 2. The molecule has 3 rings (SSSR count). The van der Waals surface area contributed by atoms with Gasteiger partial charge < -0.3 is 10.2 Å². The molecule has 5 heteroatoms. The highest BCUT2D eigenvalue weighted by Gasteiger charge is 2.25. The van der Waals surface area contributed by atoms with Gasteiger partial charge in [-0.1, -0.05) is 41.9 Å². The van der Waals surface area contributed by atoms with Gasteiger partial charge in [-0.25, -0.2) is 0 Å². The number of fused-ring (bicyclic) bond motifs is 1. The zero-order chi connectivity index (χ0) is 16.4. The molecule has 0 bridgehead atoms. The first kappa shape index (κ1) is 15.6. The first-order valence-electron chi connectivity index (χ1n) is 7.48. The van der Waals surface area contributed by atoms with Gasteiger partial charge in [0.1, 0.15) is 0 Å². The molecule has 0 spiro atoms. The van der Waals surface area contributed by atoms with Gasteiger partial charge in [0.2, 0.25) is 0 Å². The highest BCUT2D eigenvalue weighted by atomic mass is 35.5. The molecule has 118 valence electrons. The summed E-state index contributed by atoms with van der Waals surface area (Å²) in [6.07, 6.45) is 0.769. The molecule has 0 unspecified atom stereocenters. The average Bonchev–Trinajstić information content (AvgIpc) is 2.57. The lowest BCUT2D eigenvalue weighted by Gasteiger charge is -2.28. The summed E-state index contributed by atoms with van der Waals surface area (Å²) in [6, 6.07) is 13.2. The fraction of sp³-hybridized carbons (Fsp3) is 0.222. The number of aryl methyl sites for hydroxylation is 1. The minimum atomic E-state index is -0.630. The van der Waals surface area contributed by atoms with E-state index in [1.54, 1.807) is 23.1 Å². The molecule has 2 amide bonds. The van der Waals surface area contributed by atoms with Crippen LogP contribution in [0.1, 0.15) is 16.7 Å². The van der Waals surface area contributed by atoms with Gasteiger partial charge in [-0.3, -0.25) is 9.59 Å². The molecule has 0 aromatic heterocycles. The molecule has 4 nitrogen and oxygen atoms in total. The molecule has 0 saturated carbocycles. The first-order chi connectivity index (χ1) is 11.0. The average molecular weight is 329 g/mol. The molecule has 1 N–H and O–H groups in total. The molecule has 0 aliphatic carbocycles. The van der Waals surface area contributed by atoms with Crippen LogP contribution in [0.3, 0.4) is 0 Å². The Morgan fingerprint density at radius 3 is 2.65 bits per heavy atom. The monoisotopic (exact) mass is 328 g/mol. The molecule has 23 heavy (non-hydrogen) atoms. The Balaban J connectivity index is 1.71. The molecule has 2 aromatic rings. The van der Waals surface area contributed by atoms with Crippen LogP contribution < -0.4 is 5.32 Å². The van der Waals surface area contributed by atoms with E-state index in [9.17, 15) is 9.59 Å². The molecule has 2 aromatic carbocycles.